The van der Waals surface area contributed by atoms with Crippen molar-refractivity contribution < 1.29 is 23.8 Å². The van der Waals surface area contributed by atoms with Gasteiger partial charge in [-0.15, -0.1) is 0 Å². The van der Waals surface area contributed by atoms with Gasteiger partial charge in [0.05, 0.1) is 26.2 Å². The Labute approximate surface area is 242 Å². The van der Waals surface area contributed by atoms with Gasteiger partial charge in [-0.05, 0) is 59.7 Å². The lowest BCUT2D eigenvalue weighted by molar-refractivity contribution is -0.142. The van der Waals surface area contributed by atoms with Gasteiger partial charge in [0.1, 0.15) is 18.1 Å². The van der Waals surface area contributed by atoms with Gasteiger partial charge in [0, 0.05) is 31.6 Å². The molecule has 1 amide bonds. The first-order valence-electron chi connectivity index (χ1n) is 14.3. The maximum absolute atomic E-state index is 12.9. The number of carbonyl (C=O) groups is 2. The van der Waals surface area contributed by atoms with Crippen LogP contribution in [0.15, 0.2) is 84.4 Å². The van der Waals surface area contributed by atoms with Crippen LogP contribution in [0, 0.1) is 0 Å². The second kappa shape index (κ2) is 13.5. The molecular weight excluding hydrogens is 516 g/mol. The van der Waals surface area contributed by atoms with Gasteiger partial charge in [0.25, 0.3) is 0 Å². The Bertz CT molecular complexity index is 1370. The third kappa shape index (κ3) is 7.35. The van der Waals surface area contributed by atoms with E-state index >= 15 is 0 Å². The number of benzene rings is 3. The van der Waals surface area contributed by atoms with E-state index < -0.39 is 0 Å². The molecule has 0 aromatic heterocycles. The fourth-order valence-electron chi connectivity index (χ4n) is 5.69. The van der Waals surface area contributed by atoms with Gasteiger partial charge in [0.2, 0.25) is 5.91 Å². The summed E-state index contributed by atoms with van der Waals surface area (Å²) >= 11 is 0. The SMILES string of the molecule is COc1ccccc1CC(=O)OCC1=C(c2ccc(CCCOc3ccccc3)cc2)C[C@@H]2CN(C(C)=O)C[C@H]1N2. The number of aryl methyl sites for hydroxylation is 1. The number of fused-ring (bicyclic) bond motifs is 2. The molecular formula is C34H38N2O5. The van der Waals surface area contributed by atoms with Crippen molar-refractivity contribution >= 4 is 17.4 Å². The summed E-state index contributed by atoms with van der Waals surface area (Å²) in [6, 6.07) is 26.2. The Kier molecular flexibility index (Phi) is 9.36. The zero-order valence-electron chi connectivity index (χ0n) is 23.8. The van der Waals surface area contributed by atoms with Crippen molar-refractivity contribution in [3.05, 3.63) is 101 Å². The fraction of sp³-hybridized carbons (Fsp3) is 0.353. The summed E-state index contributed by atoms with van der Waals surface area (Å²) in [6.45, 7) is 3.70. The predicted molar refractivity (Wildman–Crippen MR) is 159 cm³/mol. The molecule has 214 valence electrons. The van der Waals surface area contributed by atoms with E-state index in [1.54, 1.807) is 14.0 Å². The first-order valence-corrected chi connectivity index (χ1v) is 14.3. The smallest absolute Gasteiger partial charge is 0.310 e. The summed E-state index contributed by atoms with van der Waals surface area (Å²) in [6.07, 6.45) is 2.76. The second-order valence-corrected chi connectivity index (χ2v) is 10.7. The molecule has 0 saturated carbocycles. The molecule has 3 aromatic rings. The standard InChI is InChI=1S/C34H38N2O5/c1-24(37)36-21-28-20-30(26-16-14-25(15-17-26)9-8-18-40-29-11-4-3-5-12-29)31(32(22-36)35-28)23-41-34(38)19-27-10-6-7-13-33(27)39-2/h3-7,10-17,28,32,35H,8-9,18-23H2,1-2H3/t28-,32-/m1/s1. The number of nitrogens with zero attached hydrogens (tertiary/aromatic N) is 1. The summed E-state index contributed by atoms with van der Waals surface area (Å²) in [4.78, 5) is 27.0. The number of ether oxygens (including phenoxy) is 3. The minimum absolute atomic E-state index is 0.0599. The first kappa shape index (κ1) is 28.4. The molecule has 2 heterocycles. The lowest BCUT2D eigenvalue weighted by atomic mass is 9.83. The van der Waals surface area contributed by atoms with Gasteiger partial charge in [-0.2, -0.15) is 0 Å². The van der Waals surface area contributed by atoms with Gasteiger partial charge < -0.3 is 24.4 Å². The summed E-state index contributed by atoms with van der Waals surface area (Å²) in [5.41, 5.74) is 5.42. The molecule has 2 aliphatic rings. The van der Waals surface area contributed by atoms with Gasteiger partial charge >= 0.3 is 5.97 Å². The quantitative estimate of drug-likeness (QED) is 0.270. The van der Waals surface area contributed by atoms with Crippen molar-refractivity contribution in [2.75, 3.05) is 33.4 Å². The van der Waals surface area contributed by atoms with Crippen molar-refractivity contribution in [3.8, 4) is 11.5 Å². The molecule has 3 aromatic carbocycles. The van der Waals surface area contributed by atoms with Crippen LogP contribution in [0.4, 0.5) is 0 Å². The average molecular weight is 555 g/mol. The molecule has 1 N–H and O–H groups in total. The van der Waals surface area contributed by atoms with Crippen molar-refractivity contribution in [1.82, 2.24) is 10.2 Å². The number of hydrogen-bond donors (Lipinski definition) is 1. The van der Waals surface area contributed by atoms with E-state index in [1.165, 1.54) is 11.1 Å². The molecule has 7 nitrogen and oxygen atoms in total. The number of amides is 1. The van der Waals surface area contributed by atoms with Crippen LogP contribution in [-0.2, 0) is 27.2 Å². The number of carbonyl (C=O) groups excluding carboxylic acids is 2. The molecule has 2 bridgehead atoms. The van der Waals surface area contributed by atoms with Crippen LogP contribution in [0.5, 0.6) is 11.5 Å². The maximum atomic E-state index is 12.9. The van der Waals surface area contributed by atoms with Crippen LogP contribution >= 0.6 is 0 Å². The lowest BCUT2D eigenvalue weighted by Gasteiger charge is -2.44. The van der Waals surface area contributed by atoms with Gasteiger partial charge in [-0.25, -0.2) is 0 Å². The Hall–Kier alpha value is -4.10. The minimum Gasteiger partial charge on any atom is -0.496 e. The van der Waals surface area contributed by atoms with E-state index in [9.17, 15) is 9.59 Å². The van der Waals surface area contributed by atoms with Crippen molar-refractivity contribution in [2.45, 2.75) is 44.7 Å². The van der Waals surface area contributed by atoms with E-state index in [0.717, 1.165) is 41.7 Å². The van der Waals surface area contributed by atoms with E-state index in [-0.39, 0.29) is 37.0 Å². The van der Waals surface area contributed by atoms with Crippen LogP contribution in [0.2, 0.25) is 0 Å². The van der Waals surface area contributed by atoms with Crippen LogP contribution in [-0.4, -0.2) is 62.3 Å². The maximum Gasteiger partial charge on any atom is 0.310 e. The van der Waals surface area contributed by atoms with Crippen LogP contribution < -0.4 is 14.8 Å². The Balaban J connectivity index is 1.28. The number of hydrogen-bond acceptors (Lipinski definition) is 6. The number of rotatable bonds is 11. The van der Waals surface area contributed by atoms with Crippen LogP contribution in [0.3, 0.4) is 0 Å². The topological polar surface area (TPSA) is 77.1 Å². The van der Waals surface area contributed by atoms with Crippen molar-refractivity contribution in [3.63, 3.8) is 0 Å². The minimum atomic E-state index is -0.309. The predicted octanol–water partition coefficient (Wildman–Crippen LogP) is 4.84. The summed E-state index contributed by atoms with van der Waals surface area (Å²) in [5.74, 6) is 1.32. The highest BCUT2D eigenvalue weighted by molar-refractivity contribution is 5.77. The zero-order valence-corrected chi connectivity index (χ0v) is 23.8. The fourth-order valence-corrected chi connectivity index (χ4v) is 5.69. The highest BCUT2D eigenvalue weighted by Crippen LogP contribution is 2.33. The summed E-state index contributed by atoms with van der Waals surface area (Å²) in [5, 5.41) is 3.66. The Morgan fingerprint density at radius 1 is 0.951 bits per heavy atom. The molecule has 0 aliphatic carbocycles. The third-order valence-electron chi connectivity index (χ3n) is 7.82. The van der Waals surface area contributed by atoms with Gasteiger partial charge in [0.15, 0.2) is 0 Å². The van der Waals surface area contributed by atoms with Crippen LogP contribution in [0.1, 0.15) is 36.5 Å². The van der Waals surface area contributed by atoms with E-state index in [2.05, 4.69) is 29.6 Å². The van der Waals surface area contributed by atoms with Crippen molar-refractivity contribution in [1.29, 1.82) is 0 Å². The Morgan fingerprint density at radius 3 is 2.46 bits per heavy atom. The average Bonchev–Trinajstić information content (AvgIpc) is 2.99. The summed E-state index contributed by atoms with van der Waals surface area (Å²) < 4.78 is 17.1. The number of piperazine rings is 1. The molecule has 41 heavy (non-hydrogen) atoms. The third-order valence-corrected chi connectivity index (χ3v) is 7.82. The molecule has 2 aliphatic heterocycles. The van der Waals surface area contributed by atoms with Gasteiger partial charge in [-0.3, -0.25) is 9.59 Å². The van der Waals surface area contributed by atoms with E-state index in [4.69, 9.17) is 14.2 Å². The monoisotopic (exact) mass is 554 g/mol. The number of para-hydroxylation sites is 2. The molecule has 0 radical (unpaired) electrons. The molecule has 1 saturated heterocycles. The first-order chi connectivity index (χ1) is 20.0. The zero-order chi connectivity index (χ0) is 28.6. The highest BCUT2D eigenvalue weighted by Gasteiger charge is 2.36. The number of nitrogens with one attached hydrogen (secondary N) is 1. The second-order valence-electron chi connectivity index (χ2n) is 10.7. The molecule has 0 spiro atoms. The normalized spacial score (nSPS) is 18.1. The lowest BCUT2D eigenvalue weighted by Crippen LogP contribution is -2.60. The number of esters is 1. The van der Waals surface area contributed by atoms with Gasteiger partial charge in [-0.1, -0.05) is 60.7 Å². The molecule has 1 fully saturated rings. The molecule has 7 heteroatoms. The summed E-state index contributed by atoms with van der Waals surface area (Å²) in [7, 11) is 1.60. The largest absolute Gasteiger partial charge is 0.496 e. The van der Waals surface area contributed by atoms with Crippen molar-refractivity contribution in [2.24, 2.45) is 0 Å². The molecule has 2 atom stereocenters. The van der Waals surface area contributed by atoms with Crippen LogP contribution in [0.25, 0.3) is 5.57 Å². The molecule has 0 unspecified atom stereocenters. The number of methoxy groups -OCH3 is 1. The van der Waals surface area contributed by atoms with E-state index in [0.29, 0.717) is 25.4 Å². The highest BCUT2D eigenvalue weighted by atomic mass is 16.5. The van der Waals surface area contributed by atoms with E-state index in [1.807, 2.05) is 59.5 Å². The Morgan fingerprint density at radius 2 is 1.71 bits per heavy atom. The molecule has 5 rings (SSSR count).